The number of aliphatic carboxylic acids is 1. The Hall–Kier alpha value is -7.01. The molecule has 3 heterocycles. The monoisotopic (exact) mass is 790 g/mol. The third kappa shape index (κ3) is 10.7. The number of para-hydroxylation sites is 1. The number of benzene rings is 5. The maximum Gasteiger partial charge on any atom is 0.307 e. The largest absolute Gasteiger partial charge is 0.484 e. The SMILES string of the molecule is O=C1COc2ccc(cc2)C[C@@H](C(=O)O)CC(=O)[C@H](CCc2ccccc2)NC(=O)[C@@H](Cc2ccc(-c3ccccc3)cc2)NC(=O)[C@H](Cc2c[nH]c3ccccc23)N1. The lowest BCUT2D eigenvalue weighted by atomic mass is 9.90. The van der Waals surface area contributed by atoms with Crippen molar-refractivity contribution in [3.63, 3.8) is 0 Å². The summed E-state index contributed by atoms with van der Waals surface area (Å²) >= 11 is 0. The van der Waals surface area contributed by atoms with E-state index in [1.165, 1.54) is 0 Å². The van der Waals surface area contributed by atoms with Crippen LogP contribution < -0.4 is 20.7 Å². The molecular weight excluding hydrogens is 745 g/mol. The van der Waals surface area contributed by atoms with Gasteiger partial charge in [0.25, 0.3) is 5.91 Å². The molecule has 6 aromatic rings. The van der Waals surface area contributed by atoms with Gasteiger partial charge in [0.2, 0.25) is 11.8 Å². The molecule has 1 aromatic heterocycles. The van der Waals surface area contributed by atoms with Crippen LogP contribution in [0.1, 0.15) is 35.1 Å². The van der Waals surface area contributed by atoms with Gasteiger partial charge in [0.05, 0.1) is 12.0 Å². The number of carbonyl (C=O) groups excluding carboxylic acids is 4. The number of aromatic nitrogens is 1. The first-order chi connectivity index (χ1) is 28.7. The Labute approximate surface area is 342 Å². The average Bonchev–Trinajstić information content (AvgIpc) is 3.67. The van der Waals surface area contributed by atoms with Gasteiger partial charge in [0.1, 0.15) is 17.8 Å². The lowest BCUT2D eigenvalue weighted by Gasteiger charge is -2.26. The summed E-state index contributed by atoms with van der Waals surface area (Å²) in [5.74, 6) is -4.04. The van der Waals surface area contributed by atoms with Crippen LogP contribution >= 0.6 is 0 Å². The van der Waals surface area contributed by atoms with E-state index in [0.29, 0.717) is 17.7 Å². The summed E-state index contributed by atoms with van der Waals surface area (Å²) < 4.78 is 5.77. The van der Waals surface area contributed by atoms with E-state index in [4.69, 9.17) is 4.74 Å². The first-order valence-corrected chi connectivity index (χ1v) is 19.8. The lowest BCUT2D eigenvalue weighted by Crippen LogP contribution is -2.57. The molecule has 5 N–H and O–H groups in total. The first-order valence-electron chi connectivity index (χ1n) is 19.8. The van der Waals surface area contributed by atoms with E-state index < -0.39 is 60.1 Å². The van der Waals surface area contributed by atoms with Crippen molar-refractivity contribution in [1.29, 1.82) is 0 Å². The normalized spacial score (nSPS) is 19.4. The van der Waals surface area contributed by atoms with Crippen LogP contribution in [-0.4, -0.2) is 64.3 Å². The molecule has 11 nitrogen and oxygen atoms in total. The number of nitrogens with one attached hydrogen (secondary N) is 4. The molecule has 5 aromatic carbocycles. The Morgan fingerprint density at radius 1 is 0.627 bits per heavy atom. The Morgan fingerprint density at radius 2 is 1.25 bits per heavy atom. The van der Waals surface area contributed by atoms with Gasteiger partial charge in [-0.15, -0.1) is 0 Å². The number of ether oxygens (including phenoxy) is 1. The number of aromatic amines is 1. The van der Waals surface area contributed by atoms with Crippen LogP contribution in [0.5, 0.6) is 5.75 Å². The maximum absolute atomic E-state index is 14.5. The Morgan fingerprint density at radius 3 is 1.97 bits per heavy atom. The highest BCUT2D eigenvalue weighted by Crippen LogP contribution is 2.23. The number of hydrogen-bond acceptors (Lipinski definition) is 6. The molecule has 3 amide bonds. The van der Waals surface area contributed by atoms with Gasteiger partial charge in [-0.2, -0.15) is 0 Å². The van der Waals surface area contributed by atoms with Gasteiger partial charge in [0.15, 0.2) is 12.4 Å². The topological polar surface area (TPSA) is 167 Å². The second kappa shape index (κ2) is 19.0. The predicted octanol–water partition coefficient (Wildman–Crippen LogP) is 6.00. The minimum Gasteiger partial charge on any atom is -0.484 e. The molecule has 0 radical (unpaired) electrons. The summed E-state index contributed by atoms with van der Waals surface area (Å²) in [5.41, 5.74) is 6.00. The minimum absolute atomic E-state index is 0.0639. The van der Waals surface area contributed by atoms with E-state index >= 15 is 0 Å². The molecule has 0 saturated heterocycles. The number of hydrogen-bond donors (Lipinski definition) is 5. The third-order valence-electron chi connectivity index (χ3n) is 10.7. The van der Waals surface area contributed by atoms with Gasteiger partial charge in [-0.25, -0.2) is 0 Å². The van der Waals surface area contributed by atoms with Gasteiger partial charge < -0.3 is 30.8 Å². The van der Waals surface area contributed by atoms with Crippen LogP contribution in [0.3, 0.4) is 0 Å². The number of rotatable bonds is 9. The molecule has 11 heteroatoms. The summed E-state index contributed by atoms with van der Waals surface area (Å²) in [7, 11) is 0. The van der Waals surface area contributed by atoms with Crippen LogP contribution in [0.25, 0.3) is 22.0 Å². The number of ketones is 1. The number of H-pyrrole nitrogens is 1. The third-order valence-corrected chi connectivity index (χ3v) is 10.7. The van der Waals surface area contributed by atoms with Crippen molar-refractivity contribution in [3.8, 4) is 16.9 Å². The predicted molar refractivity (Wildman–Crippen MR) is 225 cm³/mol. The van der Waals surface area contributed by atoms with Crippen LogP contribution in [0.4, 0.5) is 0 Å². The lowest BCUT2D eigenvalue weighted by molar-refractivity contribution is -0.144. The minimum atomic E-state index is -1.18. The van der Waals surface area contributed by atoms with Crippen molar-refractivity contribution in [1.82, 2.24) is 20.9 Å². The second-order valence-corrected chi connectivity index (χ2v) is 14.9. The fourth-order valence-corrected chi connectivity index (χ4v) is 7.48. The molecule has 0 saturated carbocycles. The molecule has 59 heavy (non-hydrogen) atoms. The molecule has 0 spiro atoms. The van der Waals surface area contributed by atoms with Crippen LogP contribution in [0, 0.1) is 5.92 Å². The van der Waals surface area contributed by atoms with E-state index in [1.807, 2.05) is 109 Å². The molecule has 2 aliphatic rings. The van der Waals surface area contributed by atoms with Crippen molar-refractivity contribution in [2.45, 2.75) is 56.7 Å². The molecular formula is C48H46N4O7. The van der Waals surface area contributed by atoms with Gasteiger partial charge in [0, 0.05) is 36.4 Å². The zero-order valence-electron chi connectivity index (χ0n) is 32.4. The molecule has 0 aliphatic carbocycles. The first kappa shape index (κ1) is 40.2. The van der Waals surface area contributed by atoms with E-state index in [9.17, 15) is 29.1 Å². The number of fused-ring (bicyclic) bond motifs is 17. The van der Waals surface area contributed by atoms with E-state index in [-0.39, 0.29) is 32.1 Å². The molecule has 0 unspecified atom stereocenters. The summed E-state index contributed by atoms with van der Waals surface area (Å²) in [5, 5.41) is 19.8. The summed E-state index contributed by atoms with van der Waals surface area (Å²) in [6, 6.07) is 38.0. The highest BCUT2D eigenvalue weighted by Gasteiger charge is 2.32. The van der Waals surface area contributed by atoms with Gasteiger partial charge in [-0.05, 0) is 70.8 Å². The summed E-state index contributed by atoms with van der Waals surface area (Å²) in [6.07, 6.45) is 2.35. The zero-order valence-corrected chi connectivity index (χ0v) is 32.4. The van der Waals surface area contributed by atoms with Gasteiger partial charge in [-0.3, -0.25) is 24.0 Å². The summed E-state index contributed by atoms with van der Waals surface area (Å²) in [4.78, 5) is 72.2. The van der Waals surface area contributed by atoms with Crippen molar-refractivity contribution in [2.75, 3.05) is 6.61 Å². The van der Waals surface area contributed by atoms with E-state index in [0.717, 1.165) is 38.7 Å². The molecule has 2 aliphatic heterocycles. The Kier molecular flexibility index (Phi) is 12.9. The smallest absolute Gasteiger partial charge is 0.307 e. The van der Waals surface area contributed by atoms with Crippen LogP contribution in [0.15, 0.2) is 140 Å². The average molecular weight is 791 g/mol. The zero-order chi connectivity index (χ0) is 41.1. The fraction of sp³-hybridized carbons (Fsp3) is 0.229. The highest BCUT2D eigenvalue weighted by atomic mass is 16.5. The number of Topliss-reactive ketones (excluding diaryl/α,β-unsaturated/α-hetero) is 1. The number of amides is 3. The number of carboxylic acid groups (broad SMARTS) is 1. The molecule has 0 fully saturated rings. The van der Waals surface area contributed by atoms with E-state index in [1.54, 1.807) is 30.5 Å². The van der Waals surface area contributed by atoms with Gasteiger partial charge >= 0.3 is 5.97 Å². The highest BCUT2D eigenvalue weighted by molar-refractivity contribution is 5.96. The van der Waals surface area contributed by atoms with Crippen molar-refractivity contribution >= 4 is 40.4 Å². The summed E-state index contributed by atoms with van der Waals surface area (Å²) in [6.45, 7) is -0.399. The molecule has 2 bridgehead atoms. The van der Waals surface area contributed by atoms with Crippen molar-refractivity contribution in [3.05, 3.63) is 162 Å². The second-order valence-electron chi connectivity index (χ2n) is 14.9. The maximum atomic E-state index is 14.5. The van der Waals surface area contributed by atoms with E-state index in [2.05, 4.69) is 20.9 Å². The Balaban J connectivity index is 1.23. The molecule has 4 atom stereocenters. The number of carbonyl (C=O) groups is 5. The van der Waals surface area contributed by atoms with Crippen molar-refractivity contribution in [2.24, 2.45) is 5.92 Å². The van der Waals surface area contributed by atoms with Crippen LogP contribution in [-0.2, 0) is 49.7 Å². The van der Waals surface area contributed by atoms with Gasteiger partial charge in [-0.1, -0.05) is 115 Å². The Bertz CT molecular complexity index is 2400. The molecule has 8 rings (SSSR count). The number of aryl methyl sites for hydroxylation is 1. The van der Waals surface area contributed by atoms with Crippen LogP contribution in [0.2, 0.25) is 0 Å². The quantitative estimate of drug-likeness (QED) is 0.112. The number of carboxylic acids is 1. The standard InChI is InChI=1S/C48H46N4O7/c53-44-28-36(48(57)58)25-32-17-22-38(23-18-32)59-30-45(54)50-43(27-37-29-49-40-14-8-7-13-39(37)40)47(56)52-42(46(55)51-41(44)24-19-31-9-3-1-4-10-31)26-33-15-20-35(21-16-33)34-11-5-2-6-12-34/h1-18,20-23,29,36,41-43,49H,19,24-28,30H2,(H,50,54)(H,51,55)(H,52,56)(H,57,58)/t36-,41+,42-,43+/m1/s1. The van der Waals surface area contributed by atoms with Crippen molar-refractivity contribution < 1.29 is 33.8 Å². The fourth-order valence-electron chi connectivity index (χ4n) is 7.48. The molecule has 300 valence electrons.